The fourth-order valence-electron chi connectivity index (χ4n) is 3.31. The Bertz CT molecular complexity index is 694. The van der Waals surface area contributed by atoms with Crippen LogP contribution in [0.4, 0.5) is 0 Å². The molecule has 12 N–H and O–H groups in total. The minimum absolute atomic E-state index is 0.667. The predicted molar refractivity (Wildman–Crippen MR) is 104 cm³/mol. The van der Waals surface area contributed by atoms with Crippen LogP contribution in [0.2, 0.25) is 0 Å². The Labute approximate surface area is 196 Å². The molecule has 204 valence electrons. The van der Waals surface area contributed by atoms with Crippen LogP contribution in [0.3, 0.4) is 0 Å². The molecule has 17 nitrogen and oxygen atoms in total. The van der Waals surface area contributed by atoms with Crippen LogP contribution in [-0.2, 0) is 23.7 Å². The lowest BCUT2D eigenvalue weighted by molar-refractivity contribution is -0.376. The molecule has 0 aromatic carbocycles. The average molecular weight is 518 g/mol. The number of hydrogen-bond donors (Lipinski definition) is 12. The van der Waals surface area contributed by atoms with E-state index in [1.807, 2.05) is 0 Å². The lowest BCUT2D eigenvalue weighted by atomic mass is 9.98. The Morgan fingerprint density at radius 1 is 0.743 bits per heavy atom. The number of aliphatic hydroxyl groups excluding tert-OH is 12. The fraction of sp³-hybridized carbons (Fsp3) is 0.833. The van der Waals surface area contributed by atoms with Crippen LogP contribution in [0.5, 0.6) is 0 Å². The first-order chi connectivity index (χ1) is 16.4. The van der Waals surface area contributed by atoms with E-state index in [-0.39, 0.29) is 0 Å². The normalized spacial score (nSPS) is 42.8. The van der Waals surface area contributed by atoms with Crippen molar-refractivity contribution in [1.29, 1.82) is 0 Å². The van der Waals surface area contributed by atoms with Crippen molar-refractivity contribution in [2.75, 3.05) is 19.8 Å². The van der Waals surface area contributed by atoms with E-state index in [1.165, 1.54) is 0 Å². The SMILES string of the molecule is O=C1O[C@H]([C@@H](O)CO)C(O)=C1O.OC[C@H]1O[C@H](O[C@H]2O[C@H](CO)[C@@H](O)[C@H](O)[C@H]2O)[C@H](O)[C@@H](O)[C@@H]1O. The van der Waals surface area contributed by atoms with E-state index in [1.54, 1.807) is 0 Å². The van der Waals surface area contributed by atoms with Crippen LogP contribution in [0, 0.1) is 0 Å². The quantitative estimate of drug-likeness (QED) is 0.145. The maximum absolute atomic E-state index is 10.5. The molecule has 0 aliphatic carbocycles. The van der Waals surface area contributed by atoms with Gasteiger partial charge in [0, 0.05) is 0 Å². The molecule has 12 atom stereocenters. The molecule has 0 aromatic heterocycles. The summed E-state index contributed by atoms with van der Waals surface area (Å²) in [4.78, 5) is 10.5. The van der Waals surface area contributed by atoms with Gasteiger partial charge in [0.05, 0.1) is 19.8 Å². The van der Waals surface area contributed by atoms with Crippen LogP contribution in [0.1, 0.15) is 0 Å². The van der Waals surface area contributed by atoms with Crippen LogP contribution in [0.25, 0.3) is 0 Å². The van der Waals surface area contributed by atoms with Gasteiger partial charge in [-0.25, -0.2) is 4.79 Å². The highest BCUT2D eigenvalue weighted by Crippen LogP contribution is 2.28. The van der Waals surface area contributed by atoms with Crippen molar-refractivity contribution in [2.24, 2.45) is 0 Å². The second-order valence-electron chi connectivity index (χ2n) is 7.84. The predicted octanol–water partition coefficient (Wildman–Crippen LogP) is -6.80. The van der Waals surface area contributed by atoms with E-state index in [0.717, 1.165) is 0 Å². The zero-order valence-corrected chi connectivity index (χ0v) is 18.0. The molecule has 17 heteroatoms. The maximum atomic E-state index is 10.5. The minimum Gasteiger partial charge on any atom is -0.505 e. The van der Waals surface area contributed by atoms with Crippen molar-refractivity contribution in [3.05, 3.63) is 11.5 Å². The zero-order chi connectivity index (χ0) is 26.6. The molecule has 0 radical (unpaired) electrons. The summed E-state index contributed by atoms with van der Waals surface area (Å²) in [5.74, 6) is -2.78. The van der Waals surface area contributed by atoms with Gasteiger partial charge in [0.15, 0.2) is 24.4 Å². The van der Waals surface area contributed by atoms with Gasteiger partial charge in [0.25, 0.3) is 0 Å². The van der Waals surface area contributed by atoms with E-state index in [2.05, 4.69) is 4.74 Å². The van der Waals surface area contributed by atoms with Gasteiger partial charge in [0.2, 0.25) is 5.76 Å². The van der Waals surface area contributed by atoms with Gasteiger partial charge >= 0.3 is 5.97 Å². The van der Waals surface area contributed by atoms with Gasteiger partial charge in [-0.1, -0.05) is 0 Å². The molecule has 3 aliphatic rings. The Hall–Kier alpha value is -1.71. The van der Waals surface area contributed by atoms with Crippen LogP contribution in [-0.4, -0.2) is 161 Å². The number of cyclic esters (lactones) is 1. The second kappa shape index (κ2) is 12.5. The molecule has 0 unspecified atom stereocenters. The second-order valence-corrected chi connectivity index (χ2v) is 7.84. The fourth-order valence-corrected chi connectivity index (χ4v) is 3.31. The first-order valence-corrected chi connectivity index (χ1v) is 10.3. The summed E-state index contributed by atoms with van der Waals surface area (Å²) >= 11 is 0. The average Bonchev–Trinajstić information content (AvgIpc) is 3.11. The van der Waals surface area contributed by atoms with E-state index in [9.17, 15) is 35.4 Å². The largest absolute Gasteiger partial charge is 0.505 e. The molecule has 3 rings (SSSR count). The van der Waals surface area contributed by atoms with E-state index < -0.39 is 111 Å². The molecule has 3 aliphatic heterocycles. The van der Waals surface area contributed by atoms with Crippen molar-refractivity contribution in [3.63, 3.8) is 0 Å². The third-order valence-electron chi connectivity index (χ3n) is 5.44. The van der Waals surface area contributed by atoms with Crippen molar-refractivity contribution >= 4 is 5.97 Å². The molecular weight excluding hydrogens is 488 g/mol. The van der Waals surface area contributed by atoms with Gasteiger partial charge in [-0.05, 0) is 0 Å². The molecule has 35 heavy (non-hydrogen) atoms. The first kappa shape index (κ1) is 29.5. The number of esters is 1. The van der Waals surface area contributed by atoms with Gasteiger partial charge in [-0.3, -0.25) is 0 Å². The Morgan fingerprint density at radius 2 is 1.17 bits per heavy atom. The van der Waals surface area contributed by atoms with Crippen molar-refractivity contribution in [1.82, 2.24) is 0 Å². The summed E-state index contributed by atoms with van der Waals surface area (Å²) in [6.45, 7) is -2.01. The third-order valence-corrected chi connectivity index (χ3v) is 5.44. The standard InChI is InChI=1S/C12H22O11.C6H8O6/c13-1-3-5(15)7(17)9(19)11(21-3)23-12-10(20)8(18)6(16)4(2-14)22-12;7-1-2(8)5-3(9)4(10)6(11)12-5/h3-20H,1-2H2;2,5,7-10H,1H2/t3-,4-,5-,6-,7+,8+,9-,10-,11-,12-;2-,5+/m10/s1. The van der Waals surface area contributed by atoms with Gasteiger partial charge < -0.3 is 80.2 Å². The number of aliphatic hydroxyl groups is 12. The number of ether oxygens (including phenoxy) is 4. The molecule has 2 saturated heterocycles. The minimum atomic E-state index is -1.72. The van der Waals surface area contributed by atoms with E-state index in [0.29, 0.717) is 0 Å². The van der Waals surface area contributed by atoms with Gasteiger partial charge in [0.1, 0.15) is 54.9 Å². The Balaban J connectivity index is 0.000000303. The van der Waals surface area contributed by atoms with Crippen LogP contribution >= 0.6 is 0 Å². The summed E-state index contributed by atoms with van der Waals surface area (Å²) in [6, 6.07) is 0. The van der Waals surface area contributed by atoms with E-state index >= 15 is 0 Å². The van der Waals surface area contributed by atoms with Crippen molar-refractivity contribution in [3.8, 4) is 0 Å². The van der Waals surface area contributed by atoms with Crippen LogP contribution < -0.4 is 0 Å². The highest BCUT2D eigenvalue weighted by Gasteiger charge is 2.49. The molecule has 0 amide bonds. The topological polar surface area (TPSA) is 297 Å². The summed E-state index contributed by atoms with van der Waals surface area (Å²) in [5.41, 5.74) is 0. The molecule has 0 aromatic rings. The smallest absolute Gasteiger partial charge is 0.377 e. The lowest BCUT2D eigenvalue weighted by Crippen LogP contribution is -2.63. The molecule has 0 spiro atoms. The van der Waals surface area contributed by atoms with Gasteiger partial charge in [-0.2, -0.15) is 0 Å². The monoisotopic (exact) mass is 518 g/mol. The molecule has 0 saturated carbocycles. The summed E-state index contributed by atoms with van der Waals surface area (Å²) < 4.78 is 19.6. The first-order valence-electron chi connectivity index (χ1n) is 10.3. The highest BCUT2D eigenvalue weighted by molar-refractivity contribution is 5.89. The number of hydrogen-bond acceptors (Lipinski definition) is 17. The molecule has 3 heterocycles. The number of carbonyl (C=O) groups excluding carboxylic acids is 1. The maximum Gasteiger partial charge on any atom is 0.377 e. The summed E-state index contributed by atoms with van der Waals surface area (Å²) in [6.07, 6.45) is -18.4. The summed E-state index contributed by atoms with van der Waals surface area (Å²) in [5, 5.41) is 111. The molecule has 2 fully saturated rings. The Morgan fingerprint density at radius 3 is 1.49 bits per heavy atom. The summed E-state index contributed by atoms with van der Waals surface area (Å²) in [7, 11) is 0. The lowest BCUT2D eigenvalue weighted by Gasteiger charge is -2.44. The van der Waals surface area contributed by atoms with Gasteiger partial charge in [-0.15, -0.1) is 0 Å². The molecule has 0 bridgehead atoms. The van der Waals surface area contributed by atoms with Crippen LogP contribution in [0.15, 0.2) is 11.5 Å². The molecular formula is C18H30O17. The van der Waals surface area contributed by atoms with Crippen molar-refractivity contribution < 1.29 is 85.0 Å². The highest BCUT2D eigenvalue weighted by atomic mass is 16.8. The Kier molecular flexibility index (Phi) is 10.5. The number of carbonyl (C=O) groups is 1. The third kappa shape index (κ3) is 6.35. The van der Waals surface area contributed by atoms with Crippen molar-refractivity contribution in [2.45, 2.75) is 73.6 Å². The zero-order valence-electron chi connectivity index (χ0n) is 18.0. The van der Waals surface area contributed by atoms with E-state index in [4.69, 9.17) is 44.8 Å². The number of rotatable bonds is 6.